The van der Waals surface area contributed by atoms with E-state index in [1.54, 1.807) is 13.8 Å². The van der Waals surface area contributed by atoms with Crippen LogP contribution in [0.15, 0.2) is 47.1 Å². The van der Waals surface area contributed by atoms with Crippen molar-refractivity contribution >= 4 is 5.97 Å². The summed E-state index contributed by atoms with van der Waals surface area (Å²) in [7, 11) is 2.16. The summed E-state index contributed by atoms with van der Waals surface area (Å²) in [5.41, 5.74) is 8.53. The van der Waals surface area contributed by atoms with E-state index in [1.165, 1.54) is 12.0 Å². The number of allylic oxidation sites excluding steroid dienone is 2. The molecule has 7 nitrogen and oxygen atoms in total. The zero-order valence-electron chi connectivity index (χ0n) is 18.0. The van der Waals surface area contributed by atoms with Gasteiger partial charge in [0.25, 0.3) is 0 Å². The number of hydrogen-bond donors (Lipinski definition) is 1. The second-order valence-electron chi connectivity index (χ2n) is 7.79. The Hall–Kier alpha value is -2.82. The van der Waals surface area contributed by atoms with Gasteiger partial charge in [0.1, 0.15) is 17.4 Å². The molecule has 1 fully saturated rings. The molecule has 0 spiro atoms. The molecule has 0 radical (unpaired) electrons. The number of nitrogens with zero attached hydrogens (tertiary/aromatic N) is 3. The molecule has 160 valence electrons. The minimum atomic E-state index is -0.594. The molecule has 2 aliphatic rings. The van der Waals surface area contributed by atoms with Gasteiger partial charge in [0.05, 0.1) is 18.1 Å². The Morgan fingerprint density at radius 3 is 2.67 bits per heavy atom. The highest BCUT2D eigenvalue weighted by Gasteiger charge is 2.36. The van der Waals surface area contributed by atoms with Gasteiger partial charge in [0, 0.05) is 19.6 Å². The molecular weight excluding hydrogens is 380 g/mol. The molecule has 7 heteroatoms. The molecule has 1 saturated heterocycles. The van der Waals surface area contributed by atoms with Gasteiger partial charge in [-0.05, 0) is 51.5 Å². The third-order valence-electron chi connectivity index (χ3n) is 5.63. The number of rotatable bonds is 5. The van der Waals surface area contributed by atoms with Crippen LogP contribution in [0.1, 0.15) is 37.3 Å². The van der Waals surface area contributed by atoms with Crippen LogP contribution in [-0.2, 0) is 20.8 Å². The van der Waals surface area contributed by atoms with Crippen molar-refractivity contribution in [2.45, 2.75) is 32.7 Å². The van der Waals surface area contributed by atoms with Gasteiger partial charge in [-0.3, -0.25) is 4.90 Å². The first kappa shape index (κ1) is 21.9. The number of esters is 1. The molecule has 1 atom stereocenters. The molecule has 30 heavy (non-hydrogen) atoms. The lowest BCUT2D eigenvalue weighted by Gasteiger charge is -2.27. The van der Waals surface area contributed by atoms with Crippen molar-refractivity contribution in [3.05, 3.63) is 58.2 Å². The number of nitriles is 1. The van der Waals surface area contributed by atoms with Gasteiger partial charge in [0.15, 0.2) is 0 Å². The first-order valence-electron chi connectivity index (χ1n) is 10.4. The number of hydrogen-bond acceptors (Lipinski definition) is 7. The molecule has 0 aromatic heterocycles. The van der Waals surface area contributed by atoms with E-state index >= 15 is 0 Å². The maximum Gasteiger partial charge on any atom is 0.338 e. The molecule has 2 heterocycles. The summed E-state index contributed by atoms with van der Waals surface area (Å²) in [5.74, 6) is -0.680. The van der Waals surface area contributed by atoms with Crippen LogP contribution < -0.4 is 5.73 Å². The SMILES string of the molecule is CCOC(=O)C1=C(C)OC(N)=C(C#N)C1c1ccc(CN2CCCN(C)CC2)cc1. The Bertz CT molecular complexity index is 883. The van der Waals surface area contributed by atoms with Crippen LogP contribution in [0, 0.1) is 11.3 Å². The highest BCUT2D eigenvalue weighted by Crippen LogP contribution is 2.39. The first-order valence-corrected chi connectivity index (χ1v) is 10.4. The summed E-state index contributed by atoms with van der Waals surface area (Å²) in [6.07, 6.45) is 1.17. The van der Waals surface area contributed by atoms with E-state index in [-0.39, 0.29) is 18.1 Å². The smallest absolute Gasteiger partial charge is 0.338 e. The monoisotopic (exact) mass is 410 g/mol. The Labute approximate surface area is 178 Å². The van der Waals surface area contributed by atoms with E-state index in [9.17, 15) is 10.1 Å². The van der Waals surface area contributed by atoms with Crippen molar-refractivity contribution in [1.82, 2.24) is 9.80 Å². The maximum atomic E-state index is 12.6. The van der Waals surface area contributed by atoms with E-state index in [0.717, 1.165) is 38.3 Å². The van der Waals surface area contributed by atoms with Crippen molar-refractivity contribution in [1.29, 1.82) is 5.26 Å². The summed E-state index contributed by atoms with van der Waals surface area (Å²) in [6.45, 7) is 8.87. The van der Waals surface area contributed by atoms with Gasteiger partial charge in [-0.1, -0.05) is 24.3 Å². The molecule has 1 aromatic rings. The quantitative estimate of drug-likeness (QED) is 0.746. The van der Waals surface area contributed by atoms with Gasteiger partial charge in [0.2, 0.25) is 5.88 Å². The summed E-state index contributed by atoms with van der Waals surface area (Å²) in [4.78, 5) is 17.4. The topological polar surface area (TPSA) is 91.8 Å². The number of carbonyl (C=O) groups excluding carboxylic acids is 1. The Balaban J connectivity index is 1.85. The average molecular weight is 411 g/mol. The Morgan fingerprint density at radius 2 is 2.00 bits per heavy atom. The number of nitrogens with two attached hydrogens (primary N) is 1. The van der Waals surface area contributed by atoms with Crippen LogP contribution in [0.4, 0.5) is 0 Å². The molecule has 2 aliphatic heterocycles. The molecular formula is C23H30N4O3. The van der Waals surface area contributed by atoms with Crippen molar-refractivity contribution in [2.75, 3.05) is 39.8 Å². The van der Waals surface area contributed by atoms with Crippen LogP contribution in [-0.4, -0.2) is 55.6 Å². The van der Waals surface area contributed by atoms with E-state index in [0.29, 0.717) is 11.3 Å². The zero-order valence-corrected chi connectivity index (χ0v) is 18.0. The molecule has 0 amide bonds. The predicted octanol–water partition coefficient (Wildman–Crippen LogP) is 2.47. The summed E-state index contributed by atoms with van der Waals surface area (Å²) in [5, 5.41) is 9.67. The predicted molar refractivity (Wildman–Crippen MR) is 114 cm³/mol. The molecule has 0 bridgehead atoms. The van der Waals surface area contributed by atoms with E-state index in [1.807, 2.05) is 12.1 Å². The van der Waals surface area contributed by atoms with Crippen LogP contribution >= 0.6 is 0 Å². The molecule has 0 aliphatic carbocycles. The second kappa shape index (κ2) is 9.79. The number of benzene rings is 1. The summed E-state index contributed by atoms with van der Waals surface area (Å²) < 4.78 is 10.7. The molecule has 1 aromatic carbocycles. The summed E-state index contributed by atoms with van der Waals surface area (Å²) >= 11 is 0. The van der Waals surface area contributed by atoms with Crippen molar-refractivity contribution in [3.63, 3.8) is 0 Å². The first-order chi connectivity index (χ1) is 14.4. The maximum absolute atomic E-state index is 12.6. The van der Waals surface area contributed by atoms with Gasteiger partial charge in [-0.15, -0.1) is 0 Å². The van der Waals surface area contributed by atoms with Gasteiger partial charge in [-0.2, -0.15) is 5.26 Å². The minimum absolute atomic E-state index is 0.0332. The third kappa shape index (κ3) is 4.84. The fourth-order valence-electron chi connectivity index (χ4n) is 4.02. The van der Waals surface area contributed by atoms with Gasteiger partial charge < -0.3 is 20.1 Å². The van der Waals surface area contributed by atoms with E-state index in [4.69, 9.17) is 15.2 Å². The average Bonchev–Trinajstić information content (AvgIpc) is 2.92. The van der Waals surface area contributed by atoms with E-state index in [2.05, 4.69) is 35.0 Å². The van der Waals surface area contributed by atoms with Gasteiger partial charge >= 0.3 is 5.97 Å². The second-order valence-corrected chi connectivity index (χ2v) is 7.79. The van der Waals surface area contributed by atoms with Crippen LogP contribution in [0.5, 0.6) is 0 Å². The largest absolute Gasteiger partial charge is 0.463 e. The Morgan fingerprint density at radius 1 is 1.27 bits per heavy atom. The number of likely N-dealkylation sites (N-methyl/N-ethyl adjacent to an activating group) is 1. The van der Waals surface area contributed by atoms with E-state index < -0.39 is 11.9 Å². The summed E-state index contributed by atoms with van der Waals surface area (Å²) in [6, 6.07) is 10.2. The molecule has 3 rings (SSSR count). The number of ether oxygens (including phenoxy) is 2. The lowest BCUT2D eigenvalue weighted by molar-refractivity contribution is -0.139. The number of carbonyl (C=O) groups is 1. The molecule has 0 saturated carbocycles. The Kier molecular flexibility index (Phi) is 7.14. The van der Waals surface area contributed by atoms with Crippen LogP contribution in [0.2, 0.25) is 0 Å². The van der Waals surface area contributed by atoms with Crippen molar-refractivity contribution in [2.24, 2.45) is 5.73 Å². The highest BCUT2D eigenvalue weighted by atomic mass is 16.5. The fourth-order valence-corrected chi connectivity index (χ4v) is 4.02. The van der Waals surface area contributed by atoms with Crippen molar-refractivity contribution in [3.8, 4) is 6.07 Å². The minimum Gasteiger partial charge on any atom is -0.463 e. The highest BCUT2D eigenvalue weighted by molar-refractivity contribution is 5.92. The third-order valence-corrected chi connectivity index (χ3v) is 5.63. The molecule has 2 N–H and O–H groups in total. The van der Waals surface area contributed by atoms with Gasteiger partial charge in [-0.25, -0.2) is 4.79 Å². The normalized spacial score (nSPS) is 21.1. The van der Waals surface area contributed by atoms with Crippen molar-refractivity contribution < 1.29 is 14.3 Å². The standard InChI is InChI=1S/C23H30N4O3/c1-4-29-23(28)20-16(2)30-22(25)19(14-24)21(20)18-8-6-17(7-9-18)15-27-11-5-10-26(3)12-13-27/h6-9,21H,4-5,10-13,15,25H2,1-3H3. The van der Waals surface area contributed by atoms with Crippen LogP contribution in [0.3, 0.4) is 0 Å². The molecule has 1 unspecified atom stereocenters. The lowest BCUT2D eigenvalue weighted by atomic mass is 9.83. The lowest BCUT2D eigenvalue weighted by Crippen LogP contribution is -2.28. The fraction of sp³-hybridized carbons (Fsp3) is 0.478. The zero-order chi connectivity index (χ0) is 21.7. The van der Waals surface area contributed by atoms with Crippen LogP contribution in [0.25, 0.3) is 0 Å².